The first-order valence-corrected chi connectivity index (χ1v) is 8.81. The molecule has 3 aliphatic rings. The van der Waals surface area contributed by atoms with Gasteiger partial charge in [0.25, 0.3) is 11.8 Å². The Balaban J connectivity index is 1.45. The van der Waals surface area contributed by atoms with Crippen LogP contribution in [-0.4, -0.2) is 68.2 Å². The molecule has 4 rings (SSSR count). The molecule has 3 fully saturated rings. The van der Waals surface area contributed by atoms with Crippen LogP contribution in [0.3, 0.4) is 0 Å². The summed E-state index contributed by atoms with van der Waals surface area (Å²) in [7, 11) is 0. The fourth-order valence-corrected chi connectivity index (χ4v) is 3.67. The molecule has 2 aliphatic heterocycles. The average Bonchev–Trinajstić information content (AvgIpc) is 2.98. The second-order valence-corrected chi connectivity index (χ2v) is 7.28. The first-order valence-electron chi connectivity index (χ1n) is 8.81. The molecule has 1 saturated carbocycles. The van der Waals surface area contributed by atoms with Gasteiger partial charge in [-0.1, -0.05) is 5.21 Å². The fraction of sp³-hybridized carbons (Fsp3) is 0.750. The maximum absolute atomic E-state index is 13.8. The van der Waals surface area contributed by atoms with Gasteiger partial charge in [-0.15, -0.1) is 5.10 Å². The number of rotatable bonds is 4. The molecule has 0 spiro atoms. The van der Waals surface area contributed by atoms with Crippen LogP contribution >= 0.6 is 0 Å². The quantitative estimate of drug-likeness (QED) is 0.814. The number of amides is 2. The Morgan fingerprint density at radius 3 is 2.64 bits per heavy atom. The summed E-state index contributed by atoms with van der Waals surface area (Å²) < 4.78 is 29.1. The minimum Gasteiger partial charge on any atom is -0.337 e. The second-order valence-electron chi connectivity index (χ2n) is 7.28. The van der Waals surface area contributed by atoms with Crippen LogP contribution in [-0.2, 0) is 11.3 Å². The van der Waals surface area contributed by atoms with E-state index in [1.165, 1.54) is 15.8 Å². The zero-order valence-corrected chi connectivity index (χ0v) is 13.9. The molecular formula is C16H21F2N5O2. The molecule has 0 radical (unpaired) electrons. The van der Waals surface area contributed by atoms with Crippen molar-refractivity contribution >= 4 is 11.8 Å². The minimum atomic E-state index is -2.87. The first-order chi connectivity index (χ1) is 11.9. The molecule has 1 aliphatic carbocycles. The molecule has 2 amide bonds. The van der Waals surface area contributed by atoms with Crippen LogP contribution in [0, 0.1) is 5.92 Å². The van der Waals surface area contributed by atoms with Crippen molar-refractivity contribution < 1.29 is 18.4 Å². The maximum Gasteiger partial charge on any atom is 0.276 e. The largest absolute Gasteiger partial charge is 0.337 e. The summed E-state index contributed by atoms with van der Waals surface area (Å²) in [4.78, 5) is 27.6. The second kappa shape index (κ2) is 6.03. The van der Waals surface area contributed by atoms with Gasteiger partial charge in [-0.3, -0.25) is 9.59 Å². The minimum absolute atomic E-state index is 0.0977. The van der Waals surface area contributed by atoms with Gasteiger partial charge < -0.3 is 9.80 Å². The molecule has 0 N–H and O–H groups in total. The molecule has 1 aromatic heterocycles. The van der Waals surface area contributed by atoms with Crippen LogP contribution in [0.15, 0.2) is 6.20 Å². The number of carbonyl (C=O) groups excluding carboxylic acids is 2. The molecule has 7 nitrogen and oxygen atoms in total. The van der Waals surface area contributed by atoms with E-state index in [-0.39, 0.29) is 36.4 Å². The molecule has 1 atom stereocenters. The van der Waals surface area contributed by atoms with Crippen molar-refractivity contribution in [3.8, 4) is 0 Å². The fourth-order valence-electron chi connectivity index (χ4n) is 3.67. The van der Waals surface area contributed by atoms with Gasteiger partial charge in [-0.2, -0.15) is 0 Å². The molecule has 3 heterocycles. The Kier molecular flexibility index (Phi) is 3.96. The highest BCUT2D eigenvalue weighted by molar-refractivity contribution is 5.92. The zero-order chi connectivity index (χ0) is 17.6. The lowest BCUT2D eigenvalue weighted by Crippen LogP contribution is -2.39. The standard InChI is InChI=1S/C16H21F2N5O2/c17-16(18)7-12(23(10-16)14(24)11-3-4-11)8-22-9-13(19-20-22)15(25)21-5-1-2-6-21/h9,11-12H,1-8,10H2/t12-/m0/s1. The van der Waals surface area contributed by atoms with E-state index >= 15 is 0 Å². The molecule has 9 heteroatoms. The summed E-state index contributed by atoms with van der Waals surface area (Å²) in [5, 5.41) is 7.80. The van der Waals surface area contributed by atoms with E-state index in [2.05, 4.69) is 10.3 Å². The lowest BCUT2D eigenvalue weighted by molar-refractivity contribution is -0.134. The SMILES string of the molecule is O=C(c1cn(C[C@@H]2CC(F)(F)CN2C(=O)C2CC2)nn1)N1CCCC1. The van der Waals surface area contributed by atoms with Crippen molar-refractivity contribution in [1.29, 1.82) is 0 Å². The van der Waals surface area contributed by atoms with Gasteiger partial charge >= 0.3 is 0 Å². The van der Waals surface area contributed by atoms with E-state index in [1.807, 2.05) is 0 Å². The van der Waals surface area contributed by atoms with Crippen molar-refractivity contribution in [2.24, 2.45) is 5.92 Å². The van der Waals surface area contributed by atoms with Crippen LogP contribution in [0.5, 0.6) is 0 Å². The van der Waals surface area contributed by atoms with Crippen LogP contribution in [0.1, 0.15) is 42.6 Å². The molecule has 1 aromatic rings. The Labute approximate surface area is 143 Å². The van der Waals surface area contributed by atoms with Crippen LogP contribution in [0.25, 0.3) is 0 Å². The summed E-state index contributed by atoms with van der Waals surface area (Å²) in [5.74, 6) is -3.33. The Morgan fingerprint density at radius 2 is 1.96 bits per heavy atom. The van der Waals surface area contributed by atoms with E-state index in [0.717, 1.165) is 25.7 Å². The molecular weight excluding hydrogens is 332 g/mol. The predicted molar refractivity (Wildman–Crippen MR) is 82.9 cm³/mol. The summed E-state index contributed by atoms with van der Waals surface area (Å²) in [5.41, 5.74) is 0.228. The summed E-state index contributed by atoms with van der Waals surface area (Å²) in [6.45, 7) is 1.03. The number of alkyl halides is 2. The average molecular weight is 353 g/mol. The van der Waals surface area contributed by atoms with Gasteiger partial charge in [-0.25, -0.2) is 13.5 Å². The van der Waals surface area contributed by atoms with Crippen molar-refractivity contribution in [3.05, 3.63) is 11.9 Å². The number of nitrogens with zero attached hydrogens (tertiary/aromatic N) is 5. The van der Waals surface area contributed by atoms with E-state index in [0.29, 0.717) is 13.1 Å². The Bertz CT molecular complexity index is 682. The summed E-state index contributed by atoms with van der Waals surface area (Å²) >= 11 is 0. The Morgan fingerprint density at radius 1 is 1.24 bits per heavy atom. The number of aromatic nitrogens is 3. The van der Waals surface area contributed by atoms with E-state index in [9.17, 15) is 18.4 Å². The maximum atomic E-state index is 13.8. The van der Waals surface area contributed by atoms with Crippen molar-refractivity contribution in [2.75, 3.05) is 19.6 Å². The van der Waals surface area contributed by atoms with E-state index < -0.39 is 18.5 Å². The van der Waals surface area contributed by atoms with Gasteiger partial charge in [-0.05, 0) is 25.7 Å². The van der Waals surface area contributed by atoms with Gasteiger partial charge in [0.2, 0.25) is 5.91 Å². The Hall–Kier alpha value is -2.06. The predicted octanol–water partition coefficient (Wildman–Crippen LogP) is 1.16. The third-order valence-electron chi connectivity index (χ3n) is 5.14. The van der Waals surface area contributed by atoms with Gasteiger partial charge in [0.1, 0.15) is 0 Å². The van der Waals surface area contributed by atoms with Crippen LogP contribution in [0.2, 0.25) is 0 Å². The lowest BCUT2D eigenvalue weighted by atomic mass is 10.2. The lowest BCUT2D eigenvalue weighted by Gasteiger charge is -2.23. The topological polar surface area (TPSA) is 71.3 Å². The third-order valence-corrected chi connectivity index (χ3v) is 5.14. The highest BCUT2D eigenvalue weighted by Gasteiger charge is 2.49. The van der Waals surface area contributed by atoms with Crippen LogP contribution < -0.4 is 0 Å². The zero-order valence-electron chi connectivity index (χ0n) is 13.9. The highest BCUT2D eigenvalue weighted by atomic mass is 19.3. The molecule has 0 unspecified atom stereocenters. The van der Waals surface area contributed by atoms with Crippen molar-refractivity contribution in [2.45, 2.75) is 50.6 Å². The third kappa shape index (κ3) is 3.36. The molecule has 0 bridgehead atoms. The summed E-state index contributed by atoms with van der Waals surface area (Å²) in [6.07, 6.45) is 4.65. The molecule has 2 saturated heterocycles. The molecule has 136 valence electrons. The van der Waals surface area contributed by atoms with Crippen molar-refractivity contribution in [3.63, 3.8) is 0 Å². The highest BCUT2D eigenvalue weighted by Crippen LogP contribution is 2.38. The number of halogens is 2. The van der Waals surface area contributed by atoms with E-state index in [4.69, 9.17) is 0 Å². The summed E-state index contributed by atoms with van der Waals surface area (Å²) in [6, 6.07) is -0.612. The normalized spacial score (nSPS) is 25.6. The van der Waals surface area contributed by atoms with Gasteiger partial charge in [0.15, 0.2) is 5.69 Å². The van der Waals surface area contributed by atoms with E-state index in [1.54, 1.807) is 4.90 Å². The smallest absolute Gasteiger partial charge is 0.276 e. The van der Waals surface area contributed by atoms with Gasteiger partial charge in [0, 0.05) is 25.4 Å². The number of likely N-dealkylation sites (tertiary alicyclic amines) is 2. The molecule has 25 heavy (non-hydrogen) atoms. The van der Waals surface area contributed by atoms with Gasteiger partial charge in [0.05, 0.1) is 25.3 Å². The van der Waals surface area contributed by atoms with Crippen molar-refractivity contribution in [1.82, 2.24) is 24.8 Å². The number of hydrogen-bond acceptors (Lipinski definition) is 4. The monoisotopic (exact) mass is 353 g/mol. The first kappa shape index (κ1) is 16.4. The van der Waals surface area contributed by atoms with Crippen LogP contribution in [0.4, 0.5) is 8.78 Å². The number of carbonyl (C=O) groups is 2. The molecule has 0 aromatic carbocycles. The number of hydrogen-bond donors (Lipinski definition) is 0.